The van der Waals surface area contributed by atoms with E-state index in [9.17, 15) is 4.79 Å². The zero-order valence-corrected chi connectivity index (χ0v) is 8.78. The number of hydrogen-bond acceptors (Lipinski definition) is 1. The molecule has 0 bridgehead atoms. The lowest BCUT2D eigenvalue weighted by Gasteiger charge is -2.08. The van der Waals surface area contributed by atoms with Crippen molar-refractivity contribution in [1.82, 2.24) is 5.32 Å². The Morgan fingerprint density at radius 3 is 2.69 bits per heavy atom. The molecule has 1 rings (SSSR count). The number of carbonyl (C=O) groups is 1. The average Bonchev–Trinajstić information content (AvgIpc) is 2.64. The van der Waals surface area contributed by atoms with Crippen LogP contribution in [0.2, 0.25) is 0 Å². The number of nitrogens with one attached hydrogen (secondary N) is 1. The number of amides is 1. The number of hydrogen-bond donors (Lipinski definition) is 1. The van der Waals surface area contributed by atoms with Crippen molar-refractivity contribution in [3.8, 4) is 0 Å². The van der Waals surface area contributed by atoms with Crippen molar-refractivity contribution in [3.05, 3.63) is 0 Å². The highest BCUT2D eigenvalue weighted by atomic mass is 35.5. The van der Waals surface area contributed by atoms with Crippen molar-refractivity contribution in [2.45, 2.75) is 38.5 Å². The topological polar surface area (TPSA) is 29.1 Å². The lowest BCUT2D eigenvalue weighted by molar-refractivity contribution is -0.118. The molecule has 0 aromatic heterocycles. The summed E-state index contributed by atoms with van der Waals surface area (Å²) in [5.74, 6) is 0.963. The summed E-state index contributed by atoms with van der Waals surface area (Å²) in [6.07, 6.45) is 7.96. The molecule has 76 valence electrons. The molecule has 1 saturated carbocycles. The third kappa shape index (κ3) is 4.51. The highest BCUT2D eigenvalue weighted by Gasteiger charge is 2.13. The Labute approximate surface area is 85.0 Å². The molecule has 0 spiro atoms. The van der Waals surface area contributed by atoms with Gasteiger partial charge in [-0.3, -0.25) is 4.79 Å². The van der Waals surface area contributed by atoms with E-state index in [1.807, 2.05) is 0 Å². The lowest BCUT2D eigenvalue weighted by Crippen LogP contribution is -2.25. The van der Waals surface area contributed by atoms with Crippen LogP contribution in [0.1, 0.15) is 38.5 Å². The van der Waals surface area contributed by atoms with Crippen molar-refractivity contribution >= 4 is 17.5 Å². The zero-order chi connectivity index (χ0) is 9.52. The van der Waals surface area contributed by atoms with Crippen LogP contribution in [0.15, 0.2) is 0 Å². The highest BCUT2D eigenvalue weighted by molar-refractivity contribution is 6.27. The van der Waals surface area contributed by atoms with Crippen molar-refractivity contribution in [3.63, 3.8) is 0 Å². The number of alkyl halides is 1. The zero-order valence-electron chi connectivity index (χ0n) is 8.02. The van der Waals surface area contributed by atoms with Crippen LogP contribution in [0.3, 0.4) is 0 Å². The van der Waals surface area contributed by atoms with Crippen LogP contribution in [0, 0.1) is 5.92 Å². The fraction of sp³-hybridized carbons (Fsp3) is 0.900. The van der Waals surface area contributed by atoms with E-state index in [1.165, 1.54) is 32.1 Å². The second kappa shape index (κ2) is 6.25. The Morgan fingerprint density at radius 1 is 1.38 bits per heavy atom. The van der Waals surface area contributed by atoms with Gasteiger partial charge in [0, 0.05) is 6.54 Å². The fourth-order valence-electron chi connectivity index (χ4n) is 1.96. The van der Waals surface area contributed by atoms with Crippen LogP contribution in [-0.4, -0.2) is 18.3 Å². The molecule has 1 N–H and O–H groups in total. The smallest absolute Gasteiger partial charge is 0.234 e. The van der Waals surface area contributed by atoms with Crippen molar-refractivity contribution < 1.29 is 4.79 Å². The number of halogens is 1. The van der Waals surface area contributed by atoms with Gasteiger partial charge >= 0.3 is 0 Å². The molecule has 0 heterocycles. The largest absolute Gasteiger partial charge is 0.355 e. The highest BCUT2D eigenvalue weighted by Crippen LogP contribution is 2.28. The minimum absolute atomic E-state index is 0.0481. The van der Waals surface area contributed by atoms with Gasteiger partial charge in [-0.15, -0.1) is 11.6 Å². The Balaban J connectivity index is 1.91. The molecule has 0 unspecified atom stereocenters. The monoisotopic (exact) mass is 203 g/mol. The minimum atomic E-state index is -0.0481. The Bertz CT molecular complexity index is 155. The SMILES string of the molecule is O=C(CCl)NCCCC1CCCC1. The van der Waals surface area contributed by atoms with Crippen molar-refractivity contribution in [2.75, 3.05) is 12.4 Å². The van der Waals surface area contributed by atoms with Gasteiger partial charge in [-0.05, 0) is 18.8 Å². The van der Waals surface area contributed by atoms with Gasteiger partial charge in [0.1, 0.15) is 5.88 Å². The van der Waals surface area contributed by atoms with Crippen LogP contribution in [-0.2, 0) is 4.79 Å². The van der Waals surface area contributed by atoms with E-state index in [1.54, 1.807) is 0 Å². The summed E-state index contributed by atoms with van der Waals surface area (Å²) in [5, 5.41) is 2.79. The Morgan fingerprint density at radius 2 is 2.08 bits per heavy atom. The van der Waals surface area contributed by atoms with E-state index in [0.29, 0.717) is 0 Å². The first-order valence-electron chi connectivity index (χ1n) is 5.15. The van der Waals surface area contributed by atoms with Crippen LogP contribution >= 0.6 is 11.6 Å². The van der Waals surface area contributed by atoms with Gasteiger partial charge in [-0.2, -0.15) is 0 Å². The van der Waals surface area contributed by atoms with E-state index in [2.05, 4.69) is 5.32 Å². The molecule has 2 nitrogen and oxygen atoms in total. The van der Waals surface area contributed by atoms with E-state index in [4.69, 9.17) is 11.6 Å². The van der Waals surface area contributed by atoms with Crippen LogP contribution < -0.4 is 5.32 Å². The number of carbonyl (C=O) groups excluding carboxylic acids is 1. The molecule has 3 heteroatoms. The Hall–Kier alpha value is -0.240. The third-order valence-corrected chi connectivity index (χ3v) is 2.95. The molecule has 0 atom stereocenters. The normalized spacial score (nSPS) is 17.6. The van der Waals surface area contributed by atoms with Gasteiger partial charge in [0.2, 0.25) is 5.91 Å². The van der Waals surface area contributed by atoms with E-state index in [0.717, 1.165) is 18.9 Å². The summed E-state index contributed by atoms with van der Waals surface area (Å²) in [6, 6.07) is 0. The maximum absolute atomic E-state index is 10.8. The summed E-state index contributed by atoms with van der Waals surface area (Å²) < 4.78 is 0. The molecule has 0 aromatic rings. The third-order valence-electron chi connectivity index (χ3n) is 2.71. The van der Waals surface area contributed by atoms with Crippen molar-refractivity contribution in [1.29, 1.82) is 0 Å². The van der Waals surface area contributed by atoms with E-state index < -0.39 is 0 Å². The standard InChI is InChI=1S/C10H18ClNO/c11-8-10(13)12-7-3-6-9-4-1-2-5-9/h9H,1-8H2,(H,12,13). The summed E-state index contributed by atoms with van der Waals surface area (Å²) in [4.78, 5) is 10.8. The minimum Gasteiger partial charge on any atom is -0.355 e. The van der Waals surface area contributed by atoms with Gasteiger partial charge < -0.3 is 5.32 Å². The molecule has 0 aliphatic heterocycles. The van der Waals surface area contributed by atoms with Crippen LogP contribution in [0.25, 0.3) is 0 Å². The predicted octanol–water partition coefficient (Wildman–Crippen LogP) is 2.31. The average molecular weight is 204 g/mol. The maximum atomic E-state index is 10.8. The maximum Gasteiger partial charge on any atom is 0.234 e. The van der Waals surface area contributed by atoms with E-state index >= 15 is 0 Å². The van der Waals surface area contributed by atoms with Gasteiger partial charge in [0.15, 0.2) is 0 Å². The predicted molar refractivity (Wildman–Crippen MR) is 54.9 cm³/mol. The molecule has 0 aromatic carbocycles. The molecule has 1 fully saturated rings. The molecule has 13 heavy (non-hydrogen) atoms. The summed E-state index contributed by atoms with van der Waals surface area (Å²) in [5.41, 5.74) is 0. The van der Waals surface area contributed by atoms with Crippen LogP contribution in [0.4, 0.5) is 0 Å². The molecule has 1 aliphatic carbocycles. The lowest BCUT2D eigenvalue weighted by atomic mass is 10.0. The molecular weight excluding hydrogens is 186 g/mol. The first-order chi connectivity index (χ1) is 6.33. The van der Waals surface area contributed by atoms with E-state index in [-0.39, 0.29) is 11.8 Å². The molecule has 0 saturated heterocycles. The van der Waals surface area contributed by atoms with Gasteiger partial charge in [-0.1, -0.05) is 25.7 Å². The quantitative estimate of drug-likeness (QED) is 0.539. The fourth-order valence-corrected chi connectivity index (χ4v) is 2.06. The molecule has 1 amide bonds. The van der Waals surface area contributed by atoms with Gasteiger partial charge in [0.25, 0.3) is 0 Å². The second-order valence-electron chi connectivity index (χ2n) is 3.78. The molecular formula is C10H18ClNO. The van der Waals surface area contributed by atoms with Gasteiger partial charge in [0.05, 0.1) is 0 Å². The first-order valence-corrected chi connectivity index (χ1v) is 5.69. The second-order valence-corrected chi connectivity index (χ2v) is 4.04. The summed E-state index contributed by atoms with van der Waals surface area (Å²) in [7, 11) is 0. The number of rotatable bonds is 5. The summed E-state index contributed by atoms with van der Waals surface area (Å²) in [6.45, 7) is 0.794. The summed E-state index contributed by atoms with van der Waals surface area (Å²) >= 11 is 5.35. The molecule has 0 radical (unpaired) electrons. The van der Waals surface area contributed by atoms with Crippen LogP contribution in [0.5, 0.6) is 0 Å². The first kappa shape index (κ1) is 10.8. The van der Waals surface area contributed by atoms with Crippen molar-refractivity contribution in [2.24, 2.45) is 5.92 Å². The Kier molecular flexibility index (Phi) is 5.21. The molecule has 1 aliphatic rings. The van der Waals surface area contributed by atoms with Gasteiger partial charge in [-0.25, -0.2) is 0 Å².